The molecule has 0 heterocycles. The van der Waals surface area contributed by atoms with Crippen LogP contribution in [-0.4, -0.2) is 12.6 Å². The van der Waals surface area contributed by atoms with Gasteiger partial charge < -0.3 is 10.1 Å². The van der Waals surface area contributed by atoms with Crippen LogP contribution in [0.3, 0.4) is 0 Å². The molecular weight excluding hydrogens is 198 g/mol. The van der Waals surface area contributed by atoms with Crippen molar-refractivity contribution in [1.82, 2.24) is 5.32 Å². The van der Waals surface area contributed by atoms with E-state index in [1.807, 2.05) is 25.1 Å². The van der Waals surface area contributed by atoms with Gasteiger partial charge in [-0.15, -0.1) is 5.92 Å². The van der Waals surface area contributed by atoms with Crippen LogP contribution in [0.5, 0.6) is 5.75 Å². The molecule has 0 bridgehead atoms. The molecule has 2 nitrogen and oxygen atoms in total. The van der Waals surface area contributed by atoms with Gasteiger partial charge in [0.2, 0.25) is 0 Å². The zero-order chi connectivity index (χ0) is 11.8. The minimum Gasteiger partial charge on any atom is -0.481 e. The Morgan fingerprint density at radius 1 is 1.38 bits per heavy atom. The largest absolute Gasteiger partial charge is 0.481 e. The molecule has 0 unspecified atom stereocenters. The highest BCUT2D eigenvalue weighted by atomic mass is 16.5. The Hall–Kier alpha value is -1.46. The molecule has 0 aliphatic rings. The molecule has 0 atom stereocenters. The van der Waals surface area contributed by atoms with Crippen molar-refractivity contribution in [3.8, 4) is 17.6 Å². The average molecular weight is 217 g/mol. The Balaban J connectivity index is 2.52. The summed E-state index contributed by atoms with van der Waals surface area (Å²) in [5.41, 5.74) is 1.23. The van der Waals surface area contributed by atoms with Crippen LogP contribution in [-0.2, 0) is 6.54 Å². The SMILES string of the molecule is CC#CCOc1cccc(CNC(C)C)c1. The van der Waals surface area contributed by atoms with Gasteiger partial charge in [0.05, 0.1) is 0 Å². The monoisotopic (exact) mass is 217 g/mol. The molecule has 86 valence electrons. The van der Waals surface area contributed by atoms with E-state index in [0.717, 1.165) is 12.3 Å². The molecule has 0 amide bonds. The minimum atomic E-state index is 0.456. The molecule has 1 rings (SSSR count). The van der Waals surface area contributed by atoms with E-state index in [1.165, 1.54) is 5.56 Å². The van der Waals surface area contributed by atoms with Crippen LogP contribution >= 0.6 is 0 Å². The van der Waals surface area contributed by atoms with Gasteiger partial charge in [-0.1, -0.05) is 31.9 Å². The van der Waals surface area contributed by atoms with Crippen molar-refractivity contribution in [2.75, 3.05) is 6.61 Å². The van der Waals surface area contributed by atoms with Gasteiger partial charge in [0.1, 0.15) is 12.4 Å². The van der Waals surface area contributed by atoms with E-state index >= 15 is 0 Å². The van der Waals surface area contributed by atoms with Crippen molar-refractivity contribution in [3.63, 3.8) is 0 Å². The predicted octanol–water partition coefficient (Wildman–Crippen LogP) is 2.59. The molecule has 0 saturated heterocycles. The lowest BCUT2D eigenvalue weighted by Gasteiger charge is -2.09. The fourth-order valence-corrected chi connectivity index (χ4v) is 1.26. The standard InChI is InChI=1S/C14H19NO/c1-4-5-9-16-14-8-6-7-13(10-14)11-15-12(2)3/h6-8,10,12,15H,9,11H2,1-3H3. The number of hydrogen-bond acceptors (Lipinski definition) is 2. The van der Waals surface area contributed by atoms with Crippen LogP contribution in [0, 0.1) is 11.8 Å². The highest BCUT2D eigenvalue weighted by Crippen LogP contribution is 2.13. The lowest BCUT2D eigenvalue weighted by atomic mass is 10.2. The van der Waals surface area contributed by atoms with Crippen molar-refractivity contribution in [1.29, 1.82) is 0 Å². The summed E-state index contributed by atoms with van der Waals surface area (Å²) in [5, 5.41) is 3.37. The van der Waals surface area contributed by atoms with E-state index in [0.29, 0.717) is 12.6 Å². The number of rotatable bonds is 5. The van der Waals surface area contributed by atoms with Gasteiger partial charge in [-0.2, -0.15) is 0 Å². The summed E-state index contributed by atoms with van der Waals surface area (Å²) in [6.07, 6.45) is 0. The fraction of sp³-hybridized carbons (Fsp3) is 0.429. The predicted molar refractivity (Wildman–Crippen MR) is 67.4 cm³/mol. The molecule has 2 heteroatoms. The van der Waals surface area contributed by atoms with Gasteiger partial charge in [0.25, 0.3) is 0 Å². The molecule has 16 heavy (non-hydrogen) atoms. The van der Waals surface area contributed by atoms with E-state index in [9.17, 15) is 0 Å². The third kappa shape index (κ3) is 4.86. The van der Waals surface area contributed by atoms with E-state index in [2.05, 4.69) is 37.1 Å². The topological polar surface area (TPSA) is 21.3 Å². The van der Waals surface area contributed by atoms with Crippen LogP contribution in [0.2, 0.25) is 0 Å². The lowest BCUT2D eigenvalue weighted by Crippen LogP contribution is -2.21. The van der Waals surface area contributed by atoms with E-state index in [-0.39, 0.29) is 0 Å². The maximum absolute atomic E-state index is 5.49. The van der Waals surface area contributed by atoms with Crippen molar-refractivity contribution >= 4 is 0 Å². The fourth-order valence-electron chi connectivity index (χ4n) is 1.26. The second-order valence-electron chi connectivity index (χ2n) is 3.90. The second-order valence-corrected chi connectivity index (χ2v) is 3.90. The number of ether oxygens (including phenoxy) is 1. The zero-order valence-electron chi connectivity index (χ0n) is 10.2. The summed E-state index contributed by atoms with van der Waals surface area (Å²) in [5.74, 6) is 6.56. The van der Waals surface area contributed by atoms with E-state index in [4.69, 9.17) is 4.74 Å². The van der Waals surface area contributed by atoms with Gasteiger partial charge in [-0.05, 0) is 24.6 Å². The molecule has 0 aliphatic carbocycles. The Morgan fingerprint density at radius 2 is 2.19 bits per heavy atom. The molecule has 0 saturated carbocycles. The summed E-state index contributed by atoms with van der Waals surface area (Å²) >= 11 is 0. The molecule has 1 aromatic rings. The van der Waals surface area contributed by atoms with Crippen LogP contribution in [0.25, 0.3) is 0 Å². The first-order valence-corrected chi connectivity index (χ1v) is 5.57. The minimum absolute atomic E-state index is 0.456. The maximum Gasteiger partial charge on any atom is 0.149 e. The summed E-state index contributed by atoms with van der Waals surface area (Å²) in [6.45, 7) is 7.41. The summed E-state index contributed by atoms with van der Waals surface area (Å²) in [6, 6.07) is 8.60. The van der Waals surface area contributed by atoms with Crippen LogP contribution < -0.4 is 10.1 Å². The van der Waals surface area contributed by atoms with E-state index < -0.39 is 0 Å². The Labute approximate surface area is 98.0 Å². The van der Waals surface area contributed by atoms with Crippen molar-refractivity contribution < 1.29 is 4.74 Å². The van der Waals surface area contributed by atoms with Gasteiger partial charge in [-0.3, -0.25) is 0 Å². The molecule has 0 aromatic heterocycles. The molecule has 0 fully saturated rings. The number of nitrogens with one attached hydrogen (secondary N) is 1. The summed E-state index contributed by atoms with van der Waals surface area (Å²) in [4.78, 5) is 0. The molecule has 0 radical (unpaired) electrons. The van der Waals surface area contributed by atoms with Crippen molar-refractivity contribution in [2.45, 2.75) is 33.4 Å². The van der Waals surface area contributed by atoms with Crippen LogP contribution in [0.4, 0.5) is 0 Å². The maximum atomic E-state index is 5.49. The third-order valence-corrected chi connectivity index (χ3v) is 2.10. The highest BCUT2D eigenvalue weighted by molar-refractivity contribution is 5.28. The van der Waals surface area contributed by atoms with Gasteiger partial charge in [0.15, 0.2) is 0 Å². The summed E-state index contributed by atoms with van der Waals surface area (Å²) < 4.78 is 5.49. The van der Waals surface area contributed by atoms with Crippen LogP contribution in [0.15, 0.2) is 24.3 Å². The summed E-state index contributed by atoms with van der Waals surface area (Å²) in [7, 11) is 0. The first-order valence-electron chi connectivity index (χ1n) is 5.57. The highest BCUT2D eigenvalue weighted by Gasteiger charge is 1.97. The van der Waals surface area contributed by atoms with Crippen LogP contribution in [0.1, 0.15) is 26.3 Å². The molecular formula is C14H19NO. The molecule has 0 spiro atoms. The van der Waals surface area contributed by atoms with Crippen molar-refractivity contribution in [2.24, 2.45) is 0 Å². The Kier molecular flexibility index (Phi) is 5.45. The molecule has 1 aromatic carbocycles. The lowest BCUT2D eigenvalue weighted by molar-refractivity contribution is 0.369. The normalized spacial score (nSPS) is 9.75. The smallest absolute Gasteiger partial charge is 0.149 e. The third-order valence-electron chi connectivity index (χ3n) is 2.10. The Bertz CT molecular complexity index is 374. The molecule has 0 aliphatic heterocycles. The second kappa shape index (κ2) is 6.92. The zero-order valence-corrected chi connectivity index (χ0v) is 10.2. The quantitative estimate of drug-likeness (QED) is 0.765. The number of benzene rings is 1. The number of hydrogen-bond donors (Lipinski definition) is 1. The Morgan fingerprint density at radius 3 is 2.88 bits per heavy atom. The van der Waals surface area contributed by atoms with Gasteiger partial charge in [-0.25, -0.2) is 0 Å². The molecule has 1 N–H and O–H groups in total. The van der Waals surface area contributed by atoms with Gasteiger partial charge >= 0.3 is 0 Å². The average Bonchev–Trinajstić information content (AvgIpc) is 2.27. The first-order chi connectivity index (χ1) is 7.72. The van der Waals surface area contributed by atoms with Gasteiger partial charge in [0, 0.05) is 12.6 Å². The van der Waals surface area contributed by atoms with Crippen molar-refractivity contribution in [3.05, 3.63) is 29.8 Å². The van der Waals surface area contributed by atoms with E-state index in [1.54, 1.807) is 0 Å². The first kappa shape index (κ1) is 12.6.